The van der Waals surface area contributed by atoms with Crippen molar-refractivity contribution in [1.29, 1.82) is 0 Å². The molecule has 0 heterocycles. The molecule has 0 radical (unpaired) electrons. The van der Waals surface area contributed by atoms with Gasteiger partial charge < -0.3 is 5.73 Å². The summed E-state index contributed by atoms with van der Waals surface area (Å²) in [6.45, 7) is 6.48. The van der Waals surface area contributed by atoms with E-state index in [9.17, 15) is 0 Å². The zero-order chi connectivity index (χ0) is 9.72. The Hall–Kier alpha value is -0.150. The van der Waals surface area contributed by atoms with Gasteiger partial charge in [0.1, 0.15) is 0 Å². The highest BCUT2D eigenvalue weighted by Gasteiger charge is 2.18. The van der Waals surface area contributed by atoms with Crippen LogP contribution in [-0.4, -0.2) is 29.0 Å². The van der Waals surface area contributed by atoms with Crippen LogP contribution in [0.4, 0.5) is 0 Å². The van der Waals surface area contributed by atoms with Crippen molar-refractivity contribution in [2.24, 2.45) is 5.73 Å². The van der Waals surface area contributed by atoms with Crippen molar-refractivity contribution in [3.63, 3.8) is 0 Å². The van der Waals surface area contributed by atoms with E-state index >= 15 is 0 Å². The lowest BCUT2D eigenvalue weighted by molar-refractivity contribution is 0.218. The van der Waals surface area contributed by atoms with E-state index in [2.05, 4.69) is 32.7 Å². The summed E-state index contributed by atoms with van der Waals surface area (Å²) in [7, 11) is 2.08. The molecule has 0 saturated heterocycles. The topological polar surface area (TPSA) is 29.3 Å². The first-order valence-corrected chi connectivity index (χ1v) is 4.96. The van der Waals surface area contributed by atoms with Gasteiger partial charge in [0.05, 0.1) is 11.0 Å². The molecule has 2 N–H and O–H groups in total. The van der Waals surface area contributed by atoms with Crippen LogP contribution in [0.5, 0.6) is 0 Å². The predicted molar refractivity (Wildman–Crippen MR) is 58.4 cm³/mol. The highest BCUT2D eigenvalue weighted by atomic mass is 32.1. The molecule has 72 valence electrons. The van der Waals surface area contributed by atoms with Gasteiger partial charge >= 0.3 is 0 Å². The molecule has 2 nitrogen and oxygen atoms in total. The molecule has 0 amide bonds. The maximum atomic E-state index is 5.63. The Bertz CT molecular complexity index is 147. The van der Waals surface area contributed by atoms with Crippen molar-refractivity contribution in [3.05, 3.63) is 0 Å². The number of hydrogen-bond acceptors (Lipinski definition) is 2. The second-order valence-corrected chi connectivity index (χ2v) is 3.72. The van der Waals surface area contributed by atoms with E-state index in [1.54, 1.807) is 0 Å². The lowest BCUT2D eigenvalue weighted by Gasteiger charge is -2.31. The van der Waals surface area contributed by atoms with Crippen LogP contribution in [0.2, 0.25) is 0 Å². The fraction of sp³-hybridized carbons (Fsp3) is 0.889. The summed E-state index contributed by atoms with van der Waals surface area (Å²) in [5.41, 5.74) is 5.63. The van der Waals surface area contributed by atoms with Gasteiger partial charge in [-0.2, -0.15) is 0 Å². The van der Waals surface area contributed by atoms with Gasteiger partial charge in [-0.05, 0) is 26.8 Å². The maximum absolute atomic E-state index is 5.63. The van der Waals surface area contributed by atoms with E-state index < -0.39 is 0 Å². The van der Waals surface area contributed by atoms with Crippen LogP contribution in [0.1, 0.15) is 33.6 Å². The van der Waals surface area contributed by atoms with Crippen LogP contribution < -0.4 is 5.73 Å². The quantitative estimate of drug-likeness (QED) is 0.667. The van der Waals surface area contributed by atoms with Crippen LogP contribution in [0.3, 0.4) is 0 Å². The maximum Gasteiger partial charge on any atom is 0.0901 e. The molecule has 0 aromatic carbocycles. The van der Waals surface area contributed by atoms with Gasteiger partial charge in [0.2, 0.25) is 0 Å². The molecule has 0 aliphatic heterocycles. The molecule has 0 rings (SSSR count). The first-order valence-electron chi connectivity index (χ1n) is 4.55. The van der Waals surface area contributed by atoms with E-state index in [4.69, 9.17) is 18.0 Å². The summed E-state index contributed by atoms with van der Waals surface area (Å²) in [5, 5.41) is 0. The Kier molecular flexibility index (Phi) is 5.42. The van der Waals surface area contributed by atoms with Crippen molar-refractivity contribution in [2.45, 2.75) is 45.7 Å². The van der Waals surface area contributed by atoms with Crippen molar-refractivity contribution < 1.29 is 0 Å². The first-order chi connectivity index (χ1) is 5.54. The number of nitrogens with two attached hydrogens (primary N) is 1. The summed E-state index contributed by atoms with van der Waals surface area (Å²) in [5.74, 6) is 0. The van der Waals surface area contributed by atoms with Crippen molar-refractivity contribution in [1.82, 2.24) is 4.90 Å². The second kappa shape index (κ2) is 5.49. The number of nitrogens with zero attached hydrogens (tertiary/aromatic N) is 1. The molecule has 0 aliphatic rings. The van der Waals surface area contributed by atoms with Crippen LogP contribution >= 0.6 is 12.2 Å². The SMILES string of the molecule is CCC(C)N(C)C(CC)C(N)=S. The average molecular weight is 188 g/mol. The van der Waals surface area contributed by atoms with Gasteiger partial charge in [0.15, 0.2) is 0 Å². The Morgan fingerprint density at radius 2 is 1.92 bits per heavy atom. The monoisotopic (exact) mass is 188 g/mol. The average Bonchev–Trinajstić information content (AvgIpc) is 2.03. The minimum Gasteiger partial charge on any atom is -0.392 e. The lowest BCUT2D eigenvalue weighted by atomic mass is 10.1. The van der Waals surface area contributed by atoms with Gasteiger partial charge in [0, 0.05) is 6.04 Å². The fourth-order valence-electron chi connectivity index (χ4n) is 1.29. The Balaban J connectivity index is 4.20. The zero-order valence-corrected chi connectivity index (χ0v) is 9.32. The Morgan fingerprint density at radius 1 is 1.42 bits per heavy atom. The third-order valence-corrected chi connectivity index (χ3v) is 2.76. The van der Waals surface area contributed by atoms with E-state index in [1.807, 2.05) is 0 Å². The third-order valence-electron chi connectivity index (χ3n) is 2.49. The molecule has 2 unspecified atom stereocenters. The summed E-state index contributed by atoms with van der Waals surface area (Å²) in [4.78, 5) is 2.86. The standard InChI is InChI=1S/C9H20N2S/c1-5-7(3)11(4)8(6-2)9(10)12/h7-8H,5-6H2,1-4H3,(H2,10,12). The molecule has 0 bridgehead atoms. The van der Waals surface area contributed by atoms with Crippen molar-refractivity contribution in [3.8, 4) is 0 Å². The van der Waals surface area contributed by atoms with Gasteiger partial charge in [-0.3, -0.25) is 4.90 Å². The van der Waals surface area contributed by atoms with Gasteiger partial charge in [-0.25, -0.2) is 0 Å². The Labute approximate surface area is 81.1 Å². The van der Waals surface area contributed by atoms with Gasteiger partial charge in [-0.1, -0.05) is 26.1 Å². The van der Waals surface area contributed by atoms with Crippen molar-refractivity contribution in [2.75, 3.05) is 7.05 Å². The molecular weight excluding hydrogens is 168 g/mol. The molecule has 0 saturated carbocycles. The van der Waals surface area contributed by atoms with E-state index in [1.165, 1.54) is 0 Å². The summed E-state index contributed by atoms with van der Waals surface area (Å²) < 4.78 is 0. The summed E-state index contributed by atoms with van der Waals surface area (Å²) in [6, 6.07) is 0.811. The van der Waals surface area contributed by atoms with Crippen LogP contribution in [0.15, 0.2) is 0 Å². The number of hydrogen-bond donors (Lipinski definition) is 1. The first kappa shape index (κ1) is 11.8. The summed E-state index contributed by atoms with van der Waals surface area (Å²) >= 11 is 5.00. The number of thiocarbonyl (C=S) groups is 1. The normalized spacial score (nSPS) is 16.1. The minimum absolute atomic E-state index is 0.259. The molecule has 0 spiro atoms. The van der Waals surface area contributed by atoms with Crippen molar-refractivity contribution >= 4 is 17.2 Å². The van der Waals surface area contributed by atoms with Crippen LogP contribution in [-0.2, 0) is 0 Å². The lowest BCUT2D eigenvalue weighted by Crippen LogP contribution is -2.45. The van der Waals surface area contributed by atoms with Crippen LogP contribution in [0.25, 0.3) is 0 Å². The highest BCUT2D eigenvalue weighted by Crippen LogP contribution is 2.09. The third kappa shape index (κ3) is 3.07. The van der Waals surface area contributed by atoms with Gasteiger partial charge in [0.25, 0.3) is 0 Å². The Morgan fingerprint density at radius 3 is 2.17 bits per heavy atom. The summed E-state index contributed by atoms with van der Waals surface area (Å²) in [6.07, 6.45) is 2.13. The number of rotatable bonds is 5. The molecule has 0 aromatic rings. The smallest absolute Gasteiger partial charge is 0.0901 e. The van der Waals surface area contributed by atoms with Crippen LogP contribution in [0, 0.1) is 0 Å². The molecule has 12 heavy (non-hydrogen) atoms. The minimum atomic E-state index is 0.259. The zero-order valence-electron chi connectivity index (χ0n) is 8.50. The molecule has 0 aromatic heterocycles. The van der Waals surface area contributed by atoms with E-state index in [-0.39, 0.29) is 6.04 Å². The predicted octanol–water partition coefficient (Wildman–Crippen LogP) is 1.78. The number of likely N-dealkylation sites (N-methyl/N-ethyl adjacent to an activating group) is 1. The van der Waals surface area contributed by atoms with Gasteiger partial charge in [-0.15, -0.1) is 0 Å². The fourth-order valence-corrected chi connectivity index (χ4v) is 1.62. The second-order valence-electron chi connectivity index (χ2n) is 3.25. The highest BCUT2D eigenvalue weighted by molar-refractivity contribution is 7.80. The molecule has 0 aliphatic carbocycles. The molecule has 2 atom stereocenters. The molecular formula is C9H20N2S. The van der Waals surface area contributed by atoms with E-state index in [0.29, 0.717) is 11.0 Å². The molecule has 3 heteroatoms. The molecule has 0 fully saturated rings. The largest absolute Gasteiger partial charge is 0.392 e. The van der Waals surface area contributed by atoms with E-state index in [0.717, 1.165) is 12.8 Å².